The van der Waals surface area contributed by atoms with Gasteiger partial charge in [0, 0.05) is 54.6 Å². The molecule has 0 aliphatic heterocycles. The number of aliphatic hydroxyl groups excluding tert-OH is 1. The number of fused-ring (bicyclic) bond motifs is 3. The second-order valence-electron chi connectivity index (χ2n) is 23.2. The van der Waals surface area contributed by atoms with E-state index in [9.17, 15) is 42.6 Å². The molecule has 2 amide bonds. The molecule has 4 aromatic heterocycles. The summed E-state index contributed by atoms with van der Waals surface area (Å²) in [7, 11) is 4.94. The number of rotatable bonds is 14. The number of imidazole rings is 1. The van der Waals surface area contributed by atoms with Crippen LogP contribution in [0.3, 0.4) is 0 Å². The molecule has 0 unspecified atom stereocenters. The van der Waals surface area contributed by atoms with Crippen molar-refractivity contribution in [3.8, 4) is 5.75 Å². The van der Waals surface area contributed by atoms with E-state index in [1.165, 1.54) is 54.4 Å². The number of carbonyl (C=O) groups is 4. The molecule has 12 rings (SSSR count). The van der Waals surface area contributed by atoms with Gasteiger partial charge in [0.15, 0.2) is 11.4 Å². The number of phenols is 1. The molecule has 0 saturated heterocycles. The molecule has 0 saturated carbocycles. The van der Waals surface area contributed by atoms with Crippen molar-refractivity contribution < 1.29 is 47.3 Å². The van der Waals surface area contributed by atoms with Gasteiger partial charge in [-0.25, -0.2) is 22.9 Å². The van der Waals surface area contributed by atoms with Crippen LogP contribution >= 0.6 is 11.6 Å². The Morgan fingerprint density at radius 2 is 1.16 bits per heavy atom. The Bertz CT molecular complexity index is 4230. The molecule has 2 atom stereocenters. The minimum atomic E-state index is -0.922. The highest BCUT2D eigenvalue weighted by Gasteiger charge is 2.31. The first-order valence-electron chi connectivity index (χ1n) is 31.0. The summed E-state index contributed by atoms with van der Waals surface area (Å²) >= 11 is 6.13. The van der Waals surface area contributed by atoms with E-state index in [1.807, 2.05) is 68.7 Å². The highest BCUT2D eigenvalue weighted by molar-refractivity contribution is 6.30. The Morgan fingerprint density at radius 1 is 0.634 bits per heavy atom. The van der Waals surface area contributed by atoms with Gasteiger partial charge in [-0.05, 0) is 207 Å². The van der Waals surface area contributed by atoms with E-state index < -0.39 is 24.0 Å². The monoisotopic (exact) mass is 1280 g/mol. The normalized spacial score (nSPS) is 15.5. The first-order chi connectivity index (χ1) is 45.0. The second-order valence-corrected chi connectivity index (χ2v) is 23.6. The lowest BCUT2D eigenvalue weighted by molar-refractivity contribution is -0.142. The molecule has 93 heavy (non-hydrogen) atoms. The lowest BCUT2D eigenvalue weighted by atomic mass is 10.0. The van der Waals surface area contributed by atoms with Crippen LogP contribution in [0.1, 0.15) is 151 Å². The van der Waals surface area contributed by atoms with Crippen LogP contribution in [0.15, 0.2) is 140 Å². The van der Waals surface area contributed by atoms with E-state index in [0.29, 0.717) is 40.5 Å². The summed E-state index contributed by atoms with van der Waals surface area (Å²) in [6.07, 6.45) is 21.9. The molecule has 5 aromatic carbocycles. The summed E-state index contributed by atoms with van der Waals surface area (Å²) in [6.45, 7) is -0.216. The predicted molar refractivity (Wildman–Crippen MR) is 351 cm³/mol. The van der Waals surface area contributed by atoms with Crippen LogP contribution in [-0.4, -0.2) is 99.0 Å². The van der Waals surface area contributed by atoms with Crippen molar-refractivity contribution in [3.63, 3.8) is 0 Å². The van der Waals surface area contributed by atoms with Crippen molar-refractivity contribution in [1.29, 1.82) is 0 Å². The number of benzene rings is 5. The van der Waals surface area contributed by atoms with E-state index in [-0.39, 0.29) is 48.0 Å². The van der Waals surface area contributed by atoms with Gasteiger partial charge in [-0.3, -0.25) is 33.4 Å². The third-order valence-electron chi connectivity index (χ3n) is 16.5. The first-order valence-corrected chi connectivity index (χ1v) is 31.3. The Hall–Kier alpha value is -9.92. The number of hydrogen-bond donors (Lipinski definition) is 5. The summed E-state index contributed by atoms with van der Waals surface area (Å²) in [4.78, 5) is 55.4. The van der Waals surface area contributed by atoms with Crippen LogP contribution in [0.4, 0.5) is 13.2 Å². The third-order valence-corrected chi connectivity index (χ3v) is 16.7. The number of nitrogens with one attached hydrogen (secondary N) is 3. The number of methoxy groups -OCH3 is 1. The van der Waals surface area contributed by atoms with Gasteiger partial charge in [0.25, 0.3) is 17.7 Å². The lowest BCUT2D eigenvalue weighted by Crippen LogP contribution is -2.43. The number of aryl methyl sites for hydroxylation is 2. The average Bonchev–Trinajstić information content (AvgIpc) is 1.68. The molecule has 0 radical (unpaired) electrons. The van der Waals surface area contributed by atoms with Gasteiger partial charge >= 0.3 is 5.97 Å². The number of aromatic hydroxyl groups is 1. The molecule has 3 aliphatic carbocycles. The van der Waals surface area contributed by atoms with Gasteiger partial charge in [0.05, 0.1) is 36.8 Å². The number of carbonyl (C=O) groups excluding carboxylic acids is 4. The number of ether oxygens (including phenoxy) is 1. The number of aromatic amines is 1. The zero-order valence-corrected chi connectivity index (χ0v) is 52.6. The fourth-order valence-electron chi connectivity index (χ4n) is 12.1. The van der Waals surface area contributed by atoms with Gasteiger partial charge in [-0.1, -0.05) is 72.3 Å². The molecule has 3 aliphatic rings. The minimum Gasteiger partial charge on any atom is -0.508 e. The number of H-pyrrole nitrogens is 1. The number of aliphatic hydroxyl groups is 1. The number of nitrogens with zero attached hydrogens (tertiary/aromatic N) is 7. The molecule has 17 nitrogen and oxygen atoms in total. The SMILES string of the molecule is COC(=O)[C@@H](Cc1ccc(F)cc1)NC(=O)c1[nH]nc2c1CCCC/C2=C\c1cccc(Cl)c1.Cn1nc(C(=O)N[C@H](CO)Cc2ccc(O)cc2)c2c1/C(=C/c1cccc(F)c1)CCCC2.Cn1nc(C(=O)n2ccnc2)c2c1/C(=C/c1cccc(F)c1)CCCC2. The number of aromatic nitrogens is 8. The molecule has 5 N–H and O–H groups in total. The number of esters is 1. The molecule has 0 spiro atoms. The molecule has 9 aromatic rings. The quantitative estimate of drug-likeness (QED) is 0.0509. The molecule has 0 bridgehead atoms. The van der Waals surface area contributed by atoms with Crippen molar-refractivity contribution in [1.82, 2.24) is 49.9 Å². The number of allylic oxidation sites excluding steroid dienone is 3. The third kappa shape index (κ3) is 16.8. The fourth-order valence-corrected chi connectivity index (χ4v) is 12.3. The van der Waals surface area contributed by atoms with E-state index in [0.717, 1.165) is 143 Å². The van der Waals surface area contributed by atoms with Crippen LogP contribution in [0.25, 0.3) is 34.9 Å². The number of amides is 2. The first kappa shape index (κ1) is 66.0. The van der Waals surface area contributed by atoms with E-state index in [2.05, 4.69) is 36.0 Å². The van der Waals surface area contributed by atoms with Gasteiger partial charge in [0.2, 0.25) is 0 Å². The maximum absolute atomic E-state index is 13.7. The van der Waals surface area contributed by atoms with Crippen molar-refractivity contribution >= 4 is 70.2 Å². The van der Waals surface area contributed by atoms with E-state index in [1.54, 1.807) is 70.3 Å². The van der Waals surface area contributed by atoms with Crippen LogP contribution < -0.4 is 10.6 Å². The summed E-state index contributed by atoms with van der Waals surface area (Å²) in [5.74, 6) is -2.25. The standard InChI is InChI=1S/C26H25ClFN3O3.C26H28FN3O3.C20H19FN4O/c1-34-26(33)22(15-16-9-11-20(28)12-10-16)29-25(32)24-21-8-3-2-6-18(23(21)30-31-24)13-17-5-4-7-19(27)14-17;1-30-25-19(13-18-5-4-7-20(27)14-18)6-2-3-8-23(25)24(29-30)26(33)28-21(16-31)15-17-9-11-22(32)12-10-17;1-24-19-15(11-14-5-4-7-16(21)12-14)6-2-3-8-17(19)18(23-24)20(26)25-10-9-22-13-25/h4-5,7,9-14,22H,2-3,6,8,15H2,1H3,(H,29,32)(H,30,31);4-5,7,9-14,21,31-32H,2-3,6,8,15-16H2,1H3,(H,28,33);4-5,7,9-13H,2-3,6,8H2,1H3/b18-13+;19-13+;15-11+/t22-;21-;/m10./s1. The largest absolute Gasteiger partial charge is 0.508 e. The van der Waals surface area contributed by atoms with Gasteiger partial charge in [-0.15, -0.1) is 0 Å². The maximum atomic E-state index is 13.7. The Balaban J connectivity index is 0.000000154. The van der Waals surface area contributed by atoms with Gasteiger partial charge in [-0.2, -0.15) is 15.3 Å². The second kappa shape index (κ2) is 30.9. The molecule has 4 heterocycles. The van der Waals surface area contributed by atoms with Gasteiger partial charge in [0.1, 0.15) is 41.3 Å². The highest BCUT2D eigenvalue weighted by Crippen LogP contribution is 2.36. The molecule has 0 fully saturated rings. The summed E-state index contributed by atoms with van der Waals surface area (Å²) < 4.78 is 50.3. The van der Waals surface area contributed by atoms with Crippen molar-refractivity contribution in [3.05, 3.63) is 241 Å². The zero-order valence-electron chi connectivity index (χ0n) is 51.9. The maximum Gasteiger partial charge on any atom is 0.328 e. The summed E-state index contributed by atoms with van der Waals surface area (Å²) in [6, 6.07) is 31.6. The van der Waals surface area contributed by atoms with Crippen molar-refractivity contribution in [2.45, 2.75) is 102 Å². The number of hydrogen-bond acceptors (Lipinski definition) is 11. The Morgan fingerprint density at radius 3 is 1.73 bits per heavy atom. The smallest absolute Gasteiger partial charge is 0.328 e. The molecular weight excluding hydrogens is 1210 g/mol. The van der Waals surface area contributed by atoms with E-state index in [4.69, 9.17) is 16.3 Å². The Labute approximate surface area is 541 Å². The van der Waals surface area contributed by atoms with Crippen molar-refractivity contribution in [2.75, 3.05) is 13.7 Å². The van der Waals surface area contributed by atoms with Crippen LogP contribution in [0.5, 0.6) is 5.75 Å². The summed E-state index contributed by atoms with van der Waals surface area (Å²) in [5.41, 5.74) is 13.8. The van der Waals surface area contributed by atoms with Crippen molar-refractivity contribution in [2.24, 2.45) is 14.1 Å². The Kier molecular flexibility index (Phi) is 22.0. The number of phenolic OH excluding ortho intramolecular Hbond substituents is 1. The molecular formula is C72H72ClF3N10O7. The number of halogens is 4. The molecule has 21 heteroatoms. The van der Waals surface area contributed by atoms with Crippen LogP contribution in [0, 0.1) is 17.5 Å². The lowest BCUT2D eigenvalue weighted by Gasteiger charge is -2.16. The topological polar surface area (TPSA) is 224 Å². The predicted octanol–water partition coefficient (Wildman–Crippen LogP) is 12.6. The average molecular weight is 1280 g/mol. The van der Waals surface area contributed by atoms with Crippen LogP contribution in [0.2, 0.25) is 5.02 Å². The van der Waals surface area contributed by atoms with Crippen LogP contribution in [-0.2, 0) is 55.7 Å². The molecule has 480 valence electrons. The van der Waals surface area contributed by atoms with Gasteiger partial charge < -0.3 is 25.6 Å². The minimum absolute atomic E-state index is 0.168. The zero-order chi connectivity index (χ0) is 65.5. The highest BCUT2D eigenvalue weighted by atomic mass is 35.5. The fraction of sp³-hybridized carbons (Fsp3) is 0.278. The van der Waals surface area contributed by atoms with E-state index >= 15 is 0 Å². The summed E-state index contributed by atoms with van der Waals surface area (Å²) in [5, 5.41) is 42.0.